The van der Waals surface area contributed by atoms with E-state index in [9.17, 15) is 4.79 Å². The van der Waals surface area contributed by atoms with E-state index in [-0.39, 0.29) is 5.69 Å². The van der Waals surface area contributed by atoms with Gasteiger partial charge in [-0.1, -0.05) is 0 Å². The second-order valence-corrected chi connectivity index (χ2v) is 4.24. The van der Waals surface area contributed by atoms with Crippen LogP contribution in [0.3, 0.4) is 0 Å². The van der Waals surface area contributed by atoms with E-state index in [2.05, 4.69) is 10.2 Å². The molecule has 0 radical (unpaired) electrons. The number of nitrogens with zero attached hydrogens (tertiary/aromatic N) is 2. The molecule has 0 saturated heterocycles. The fourth-order valence-corrected chi connectivity index (χ4v) is 1.59. The van der Waals surface area contributed by atoms with Crippen molar-refractivity contribution >= 4 is 16.9 Å². The predicted octanol–water partition coefficient (Wildman–Crippen LogP) is 1.20. The minimum Gasteiger partial charge on any atom is -0.492 e. The standard InChI is InChI=1S/C12H15N3O3/c1-15(2)5-6-18-8-3-4-10-9(7-8)11(12(16)17)14-13-10/h3-4,7H,5-6H2,1-2H3,(H,13,14)(H,16,17). The number of nitrogens with one attached hydrogen (secondary N) is 1. The summed E-state index contributed by atoms with van der Waals surface area (Å²) < 4.78 is 5.55. The summed E-state index contributed by atoms with van der Waals surface area (Å²) in [5.41, 5.74) is 0.704. The van der Waals surface area contributed by atoms with Crippen LogP contribution in [0.2, 0.25) is 0 Å². The Hall–Kier alpha value is -2.08. The third-order valence-electron chi connectivity index (χ3n) is 2.54. The third kappa shape index (κ3) is 2.60. The van der Waals surface area contributed by atoms with E-state index in [0.29, 0.717) is 23.3 Å². The molecule has 6 heteroatoms. The molecular weight excluding hydrogens is 234 g/mol. The molecular formula is C12H15N3O3. The highest BCUT2D eigenvalue weighted by molar-refractivity contribution is 6.01. The van der Waals surface area contributed by atoms with Gasteiger partial charge in [-0.3, -0.25) is 5.10 Å². The number of aromatic amines is 1. The van der Waals surface area contributed by atoms with Crippen LogP contribution in [-0.2, 0) is 0 Å². The molecule has 1 aromatic carbocycles. The average Bonchev–Trinajstić information content (AvgIpc) is 2.71. The van der Waals surface area contributed by atoms with Gasteiger partial charge in [0.05, 0.1) is 5.52 Å². The Morgan fingerprint density at radius 2 is 2.28 bits per heavy atom. The van der Waals surface area contributed by atoms with E-state index < -0.39 is 5.97 Å². The lowest BCUT2D eigenvalue weighted by atomic mass is 10.2. The highest BCUT2D eigenvalue weighted by Gasteiger charge is 2.13. The molecule has 0 amide bonds. The van der Waals surface area contributed by atoms with Gasteiger partial charge in [0, 0.05) is 11.9 Å². The Morgan fingerprint density at radius 3 is 2.94 bits per heavy atom. The third-order valence-corrected chi connectivity index (χ3v) is 2.54. The summed E-state index contributed by atoms with van der Waals surface area (Å²) in [5, 5.41) is 16.0. The lowest BCUT2D eigenvalue weighted by Crippen LogP contribution is -2.19. The number of rotatable bonds is 5. The van der Waals surface area contributed by atoms with Crippen LogP contribution in [0, 0.1) is 0 Å². The van der Waals surface area contributed by atoms with Crippen molar-refractivity contribution in [1.29, 1.82) is 0 Å². The van der Waals surface area contributed by atoms with Crippen LogP contribution in [0.1, 0.15) is 10.5 Å². The van der Waals surface area contributed by atoms with Crippen LogP contribution in [0.5, 0.6) is 5.75 Å². The van der Waals surface area contributed by atoms with Gasteiger partial charge in [0.1, 0.15) is 12.4 Å². The van der Waals surface area contributed by atoms with Crippen LogP contribution >= 0.6 is 0 Å². The molecule has 0 aliphatic heterocycles. The van der Waals surface area contributed by atoms with E-state index in [1.54, 1.807) is 18.2 Å². The molecule has 1 aromatic heterocycles. The molecule has 0 aliphatic rings. The van der Waals surface area contributed by atoms with Gasteiger partial charge in [-0.25, -0.2) is 4.79 Å². The van der Waals surface area contributed by atoms with Gasteiger partial charge in [-0.05, 0) is 32.3 Å². The SMILES string of the molecule is CN(C)CCOc1ccc2[nH]nc(C(=O)O)c2c1. The van der Waals surface area contributed by atoms with E-state index in [0.717, 1.165) is 6.54 Å². The van der Waals surface area contributed by atoms with E-state index in [1.165, 1.54) is 0 Å². The number of ether oxygens (including phenoxy) is 1. The second kappa shape index (κ2) is 5.05. The van der Waals surface area contributed by atoms with Gasteiger partial charge < -0.3 is 14.7 Å². The van der Waals surface area contributed by atoms with Gasteiger partial charge >= 0.3 is 5.97 Å². The molecule has 18 heavy (non-hydrogen) atoms. The normalized spacial score (nSPS) is 11.1. The Balaban J connectivity index is 2.20. The van der Waals surface area contributed by atoms with E-state index >= 15 is 0 Å². The summed E-state index contributed by atoms with van der Waals surface area (Å²) in [6.07, 6.45) is 0. The molecule has 2 N–H and O–H groups in total. The zero-order valence-electron chi connectivity index (χ0n) is 10.3. The Labute approximate surface area is 104 Å². The van der Waals surface area contributed by atoms with Gasteiger partial charge in [0.25, 0.3) is 0 Å². The van der Waals surface area contributed by atoms with Crippen molar-refractivity contribution in [2.24, 2.45) is 0 Å². The zero-order chi connectivity index (χ0) is 13.1. The smallest absolute Gasteiger partial charge is 0.357 e. The molecule has 96 valence electrons. The van der Waals surface area contributed by atoms with Crippen molar-refractivity contribution in [3.8, 4) is 5.75 Å². The fourth-order valence-electron chi connectivity index (χ4n) is 1.59. The molecule has 0 spiro atoms. The number of hydrogen-bond donors (Lipinski definition) is 2. The van der Waals surface area contributed by atoms with Crippen LogP contribution in [0.15, 0.2) is 18.2 Å². The largest absolute Gasteiger partial charge is 0.492 e. The van der Waals surface area contributed by atoms with Gasteiger partial charge in [-0.2, -0.15) is 5.10 Å². The van der Waals surface area contributed by atoms with E-state index in [4.69, 9.17) is 9.84 Å². The Kier molecular flexibility index (Phi) is 3.47. The van der Waals surface area contributed by atoms with Gasteiger partial charge in [0.15, 0.2) is 5.69 Å². The van der Waals surface area contributed by atoms with Gasteiger partial charge in [0.2, 0.25) is 0 Å². The number of fused-ring (bicyclic) bond motifs is 1. The number of carbonyl (C=O) groups is 1. The van der Waals surface area contributed by atoms with Crippen LogP contribution in [0.4, 0.5) is 0 Å². The number of hydrogen-bond acceptors (Lipinski definition) is 4. The summed E-state index contributed by atoms with van der Waals surface area (Å²) in [7, 11) is 3.93. The van der Waals surface area contributed by atoms with Crippen molar-refractivity contribution in [2.45, 2.75) is 0 Å². The Bertz CT molecular complexity index is 563. The van der Waals surface area contributed by atoms with Crippen molar-refractivity contribution in [3.63, 3.8) is 0 Å². The number of aromatic carboxylic acids is 1. The molecule has 0 unspecified atom stereocenters. The first-order valence-corrected chi connectivity index (χ1v) is 5.57. The molecule has 2 rings (SSSR count). The molecule has 0 aliphatic carbocycles. The number of likely N-dealkylation sites (N-methyl/N-ethyl adjacent to an activating group) is 1. The number of carboxylic acid groups (broad SMARTS) is 1. The summed E-state index contributed by atoms with van der Waals surface area (Å²) >= 11 is 0. The summed E-state index contributed by atoms with van der Waals surface area (Å²) in [4.78, 5) is 13.0. The maximum Gasteiger partial charge on any atom is 0.357 e. The number of aromatic nitrogens is 2. The van der Waals surface area contributed by atoms with Crippen molar-refractivity contribution in [3.05, 3.63) is 23.9 Å². The Morgan fingerprint density at radius 1 is 1.50 bits per heavy atom. The van der Waals surface area contributed by atoms with Crippen molar-refractivity contribution < 1.29 is 14.6 Å². The van der Waals surface area contributed by atoms with Crippen molar-refractivity contribution in [1.82, 2.24) is 15.1 Å². The minimum absolute atomic E-state index is 0.0167. The minimum atomic E-state index is -1.05. The molecule has 0 bridgehead atoms. The highest BCUT2D eigenvalue weighted by Crippen LogP contribution is 2.22. The van der Waals surface area contributed by atoms with E-state index in [1.807, 2.05) is 19.0 Å². The monoisotopic (exact) mass is 249 g/mol. The number of H-pyrrole nitrogens is 1. The van der Waals surface area contributed by atoms with Crippen LogP contribution in [0.25, 0.3) is 10.9 Å². The lowest BCUT2D eigenvalue weighted by molar-refractivity contribution is 0.0692. The summed E-state index contributed by atoms with van der Waals surface area (Å²) in [6.45, 7) is 1.36. The second-order valence-electron chi connectivity index (χ2n) is 4.24. The molecule has 0 atom stereocenters. The lowest BCUT2D eigenvalue weighted by Gasteiger charge is -2.10. The number of carboxylic acids is 1. The summed E-state index contributed by atoms with van der Waals surface area (Å²) in [6, 6.07) is 5.25. The highest BCUT2D eigenvalue weighted by atomic mass is 16.5. The zero-order valence-corrected chi connectivity index (χ0v) is 10.3. The maximum atomic E-state index is 11.0. The first-order valence-electron chi connectivity index (χ1n) is 5.57. The van der Waals surface area contributed by atoms with Crippen LogP contribution < -0.4 is 4.74 Å². The molecule has 6 nitrogen and oxygen atoms in total. The topological polar surface area (TPSA) is 78.5 Å². The first kappa shape index (κ1) is 12.4. The maximum absolute atomic E-state index is 11.0. The van der Waals surface area contributed by atoms with Gasteiger partial charge in [-0.15, -0.1) is 0 Å². The molecule has 0 saturated carbocycles. The molecule has 0 fully saturated rings. The first-order chi connectivity index (χ1) is 8.58. The predicted molar refractivity (Wildman–Crippen MR) is 67.1 cm³/mol. The summed E-state index contributed by atoms with van der Waals surface area (Å²) in [5.74, 6) is -0.403. The average molecular weight is 249 g/mol. The quantitative estimate of drug-likeness (QED) is 0.832. The molecule has 2 aromatic rings. The molecule has 1 heterocycles. The fraction of sp³-hybridized carbons (Fsp3) is 0.333. The number of benzene rings is 1. The van der Waals surface area contributed by atoms with Crippen LogP contribution in [-0.4, -0.2) is 53.4 Å². The van der Waals surface area contributed by atoms with Crippen molar-refractivity contribution in [2.75, 3.05) is 27.2 Å².